The molecule has 1 aromatic heterocycles. The van der Waals surface area contributed by atoms with Crippen LogP contribution in [0.15, 0.2) is 65.0 Å². The van der Waals surface area contributed by atoms with Gasteiger partial charge in [0.15, 0.2) is 5.13 Å². The van der Waals surface area contributed by atoms with Gasteiger partial charge in [0.05, 0.1) is 20.4 Å². The first-order valence-electron chi connectivity index (χ1n) is 9.90. The quantitative estimate of drug-likeness (QED) is 0.223. The van der Waals surface area contributed by atoms with Crippen molar-refractivity contribution in [1.29, 1.82) is 0 Å². The number of sulfonamides is 1. The lowest BCUT2D eigenvalue weighted by molar-refractivity contribution is -0.390. The average molecular weight is 525 g/mol. The molecule has 0 bridgehead atoms. The lowest BCUT2D eigenvalue weighted by Gasteiger charge is -2.27. The van der Waals surface area contributed by atoms with Crippen molar-refractivity contribution in [3.63, 3.8) is 0 Å². The molecule has 0 aliphatic carbocycles. The number of hydrogen-bond acceptors (Lipinski definition) is 10. The van der Waals surface area contributed by atoms with Crippen molar-refractivity contribution in [3.05, 3.63) is 91.5 Å². The van der Waals surface area contributed by atoms with E-state index in [1.807, 2.05) is 0 Å². The molecule has 2 heterocycles. The van der Waals surface area contributed by atoms with E-state index in [9.17, 15) is 38.2 Å². The molecule has 180 valence electrons. The summed E-state index contributed by atoms with van der Waals surface area (Å²) < 4.78 is 27.5. The number of nitro benzene ring substituents is 2. The van der Waals surface area contributed by atoms with Gasteiger partial charge in [0.25, 0.3) is 33.2 Å². The first-order valence-corrected chi connectivity index (χ1v) is 12.3. The van der Waals surface area contributed by atoms with Crippen LogP contribution >= 0.6 is 11.3 Å². The number of carbonyl (C=O) groups is 2. The van der Waals surface area contributed by atoms with Gasteiger partial charge in [0.1, 0.15) is 5.39 Å². The lowest BCUT2D eigenvalue weighted by atomic mass is 9.91. The number of benzene rings is 3. The van der Waals surface area contributed by atoms with Crippen molar-refractivity contribution in [2.24, 2.45) is 0 Å². The molecule has 1 N–H and O–H groups in total. The third kappa shape index (κ3) is 3.53. The fourth-order valence-corrected chi connectivity index (χ4v) is 5.70. The van der Waals surface area contributed by atoms with Crippen LogP contribution in [0.3, 0.4) is 0 Å². The highest BCUT2D eigenvalue weighted by molar-refractivity contribution is 7.93. The van der Waals surface area contributed by atoms with Crippen LogP contribution in [0.25, 0.3) is 10.8 Å². The molecule has 0 spiro atoms. The van der Waals surface area contributed by atoms with E-state index in [1.165, 1.54) is 30.5 Å². The molecule has 0 atom stereocenters. The molecule has 36 heavy (non-hydrogen) atoms. The Balaban J connectivity index is 1.59. The zero-order valence-corrected chi connectivity index (χ0v) is 19.3. The van der Waals surface area contributed by atoms with Gasteiger partial charge < -0.3 is 0 Å². The Morgan fingerprint density at radius 1 is 0.833 bits per heavy atom. The number of carbonyl (C=O) groups excluding carboxylic acids is 2. The van der Waals surface area contributed by atoms with Crippen molar-refractivity contribution in [2.75, 3.05) is 9.62 Å². The van der Waals surface area contributed by atoms with Gasteiger partial charge in [0.2, 0.25) is 0 Å². The molecule has 0 unspecified atom stereocenters. The van der Waals surface area contributed by atoms with Crippen LogP contribution in [-0.4, -0.2) is 35.1 Å². The van der Waals surface area contributed by atoms with E-state index >= 15 is 0 Å². The standard InChI is InChI=1S/C21H11N5O8S2/c27-19-13-5-7-15(25(29)30)18-16(26(31)32)8-6-14(17(13)18)20(28)24(19)11-1-3-12(4-2-11)36(33,34)23-21-22-9-10-35-21/h1-10H,(H,22,23). The third-order valence-corrected chi connectivity index (χ3v) is 7.61. The van der Waals surface area contributed by atoms with E-state index in [1.54, 1.807) is 5.38 Å². The van der Waals surface area contributed by atoms with E-state index in [-0.39, 0.29) is 32.2 Å². The molecule has 1 aliphatic heterocycles. The van der Waals surface area contributed by atoms with Crippen LogP contribution in [-0.2, 0) is 10.0 Å². The number of aromatic nitrogens is 1. The summed E-state index contributed by atoms with van der Waals surface area (Å²) in [5, 5.41) is 24.2. The Morgan fingerprint density at radius 2 is 1.39 bits per heavy atom. The van der Waals surface area contributed by atoms with E-state index in [0.29, 0.717) is 0 Å². The molecule has 3 aromatic carbocycles. The molecule has 13 nitrogen and oxygen atoms in total. The number of amides is 2. The van der Waals surface area contributed by atoms with Crippen LogP contribution in [0.2, 0.25) is 0 Å². The van der Waals surface area contributed by atoms with Gasteiger partial charge in [0, 0.05) is 40.2 Å². The molecule has 4 aromatic rings. The smallest absolute Gasteiger partial charge is 0.268 e. The van der Waals surface area contributed by atoms with Crippen LogP contribution < -0.4 is 9.62 Å². The SMILES string of the molecule is O=C1c2ccc([N+](=O)[O-])c3c([N+](=O)[O-])ccc(c23)C(=O)N1c1ccc(S(=O)(=O)Nc2nccs2)cc1. The number of rotatable bonds is 6. The Labute approximate surface area is 205 Å². The summed E-state index contributed by atoms with van der Waals surface area (Å²) in [5.74, 6) is -1.74. The number of imide groups is 1. The fraction of sp³-hybridized carbons (Fsp3) is 0. The summed E-state index contributed by atoms with van der Waals surface area (Å²) in [4.78, 5) is 52.5. The Kier molecular flexibility index (Phi) is 5.22. The topological polar surface area (TPSA) is 183 Å². The highest BCUT2D eigenvalue weighted by atomic mass is 32.2. The van der Waals surface area contributed by atoms with Crippen molar-refractivity contribution >= 4 is 66.1 Å². The van der Waals surface area contributed by atoms with Crippen LogP contribution in [0.1, 0.15) is 20.7 Å². The second-order valence-corrected chi connectivity index (χ2v) is 9.99. The first-order chi connectivity index (χ1) is 17.1. The second kappa shape index (κ2) is 8.17. The van der Waals surface area contributed by atoms with E-state index < -0.39 is 48.4 Å². The van der Waals surface area contributed by atoms with E-state index in [2.05, 4.69) is 9.71 Å². The summed E-state index contributed by atoms with van der Waals surface area (Å²) in [5.41, 5.74) is -1.47. The van der Waals surface area contributed by atoms with Gasteiger partial charge in [-0.05, 0) is 36.4 Å². The number of hydrogen-bond donors (Lipinski definition) is 1. The number of nitro groups is 2. The van der Waals surface area contributed by atoms with Gasteiger partial charge >= 0.3 is 0 Å². The zero-order chi connectivity index (χ0) is 25.8. The van der Waals surface area contributed by atoms with Crippen molar-refractivity contribution in [2.45, 2.75) is 4.90 Å². The molecule has 0 fully saturated rings. The van der Waals surface area contributed by atoms with Gasteiger partial charge in [-0.1, -0.05) is 0 Å². The Hall–Kier alpha value is -4.76. The van der Waals surface area contributed by atoms with Crippen LogP contribution in [0, 0.1) is 20.2 Å². The predicted octanol–water partition coefficient (Wildman–Crippen LogP) is 3.71. The number of thiazole rings is 1. The predicted molar refractivity (Wildman–Crippen MR) is 128 cm³/mol. The molecule has 1 aliphatic rings. The molecule has 5 rings (SSSR count). The minimum atomic E-state index is -3.98. The lowest BCUT2D eigenvalue weighted by Crippen LogP contribution is -2.40. The second-order valence-electron chi connectivity index (χ2n) is 7.41. The summed E-state index contributed by atoms with van der Waals surface area (Å²) in [6.07, 6.45) is 1.43. The van der Waals surface area contributed by atoms with Gasteiger partial charge in [-0.2, -0.15) is 0 Å². The largest absolute Gasteiger partial charge is 0.284 e. The molecule has 2 amide bonds. The molecular formula is C21H11N5O8S2. The normalized spacial score (nSPS) is 13.2. The molecule has 0 radical (unpaired) electrons. The molecule has 0 saturated heterocycles. The van der Waals surface area contributed by atoms with Crippen LogP contribution in [0.5, 0.6) is 0 Å². The van der Waals surface area contributed by atoms with Crippen molar-refractivity contribution in [3.8, 4) is 0 Å². The monoisotopic (exact) mass is 525 g/mol. The Morgan fingerprint density at radius 3 is 1.86 bits per heavy atom. The van der Waals surface area contributed by atoms with Gasteiger partial charge in [-0.15, -0.1) is 11.3 Å². The average Bonchev–Trinajstić information content (AvgIpc) is 3.34. The van der Waals surface area contributed by atoms with Gasteiger partial charge in [-0.3, -0.25) is 34.5 Å². The summed E-state index contributed by atoms with van der Waals surface area (Å²) in [6.45, 7) is 0. The number of non-ortho nitro benzene ring substituents is 2. The number of anilines is 2. The molecule has 0 saturated carbocycles. The van der Waals surface area contributed by atoms with E-state index in [0.717, 1.165) is 40.5 Å². The highest BCUT2D eigenvalue weighted by Crippen LogP contribution is 2.41. The van der Waals surface area contributed by atoms with Crippen molar-refractivity contribution in [1.82, 2.24) is 4.98 Å². The Bertz CT molecular complexity index is 1650. The number of nitrogens with zero attached hydrogens (tertiary/aromatic N) is 4. The van der Waals surface area contributed by atoms with E-state index in [4.69, 9.17) is 0 Å². The highest BCUT2D eigenvalue weighted by Gasteiger charge is 2.38. The maximum atomic E-state index is 13.3. The molecule has 15 heteroatoms. The summed E-state index contributed by atoms with van der Waals surface area (Å²) in [7, 11) is -3.98. The minimum absolute atomic E-state index is 0.0358. The molecular weight excluding hydrogens is 514 g/mol. The summed E-state index contributed by atoms with van der Waals surface area (Å²) in [6, 6.07) is 9.11. The maximum absolute atomic E-state index is 13.3. The zero-order valence-electron chi connectivity index (χ0n) is 17.6. The maximum Gasteiger partial charge on any atom is 0.284 e. The van der Waals surface area contributed by atoms with Gasteiger partial charge in [-0.25, -0.2) is 18.3 Å². The fourth-order valence-electron chi connectivity index (χ4n) is 3.91. The van der Waals surface area contributed by atoms with Crippen LogP contribution in [0.4, 0.5) is 22.2 Å². The first kappa shape index (κ1) is 23.0. The number of nitrogens with one attached hydrogen (secondary N) is 1. The third-order valence-electron chi connectivity index (χ3n) is 5.44. The minimum Gasteiger partial charge on any atom is -0.268 e. The summed E-state index contributed by atoms with van der Waals surface area (Å²) >= 11 is 1.08. The van der Waals surface area contributed by atoms with Crippen molar-refractivity contribution < 1.29 is 27.9 Å².